The summed E-state index contributed by atoms with van der Waals surface area (Å²) in [6.45, 7) is 0.418. The van der Waals surface area contributed by atoms with E-state index in [0.717, 1.165) is 16.5 Å². The summed E-state index contributed by atoms with van der Waals surface area (Å²) in [5, 5.41) is 11.6. The normalized spacial score (nSPS) is 32.1. The minimum atomic E-state index is -0.905. The summed E-state index contributed by atoms with van der Waals surface area (Å²) in [6.07, 6.45) is 8.52. The van der Waals surface area contributed by atoms with E-state index < -0.39 is 22.6 Å². The third-order valence-electron chi connectivity index (χ3n) is 7.51. The molecule has 4 heterocycles. The van der Waals surface area contributed by atoms with E-state index in [4.69, 9.17) is 4.74 Å². The molecule has 2 saturated heterocycles. The van der Waals surface area contributed by atoms with Gasteiger partial charge >= 0.3 is 5.97 Å². The van der Waals surface area contributed by atoms with Crippen molar-refractivity contribution in [3.8, 4) is 0 Å². The van der Waals surface area contributed by atoms with Crippen LogP contribution in [0.4, 0.5) is 5.69 Å². The molecule has 35 heavy (non-hydrogen) atoms. The average molecular weight is 491 g/mol. The van der Waals surface area contributed by atoms with Crippen LogP contribution in [0.25, 0.3) is 10.8 Å². The zero-order valence-corrected chi connectivity index (χ0v) is 19.9. The molecule has 8 heteroatoms. The van der Waals surface area contributed by atoms with Gasteiger partial charge in [-0.05, 0) is 29.3 Å². The van der Waals surface area contributed by atoms with E-state index in [1.54, 1.807) is 4.90 Å². The van der Waals surface area contributed by atoms with Crippen LogP contribution in [0.1, 0.15) is 6.42 Å². The Morgan fingerprint density at radius 1 is 1.06 bits per heavy atom. The van der Waals surface area contributed by atoms with Gasteiger partial charge in [-0.3, -0.25) is 14.4 Å². The Morgan fingerprint density at radius 2 is 1.89 bits per heavy atom. The molecule has 7 nitrogen and oxygen atoms in total. The maximum atomic E-state index is 14.2. The molecule has 4 aliphatic heterocycles. The summed E-state index contributed by atoms with van der Waals surface area (Å²) in [7, 11) is 0. The maximum absolute atomic E-state index is 14.2. The largest absolute Gasteiger partial charge is 0.465 e. The SMILES string of the molecule is O=C1OCCC=C[C@H]2S[C@]34C=CCN(c5ccc6ccccc6c5)C(=O)C3N(CCO)C(=O)[C@@H]4[C@@H]12. The van der Waals surface area contributed by atoms with E-state index in [0.29, 0.717) is 13.0 Å². The number of aliphatic hydroxyl groups excluding tert-OH is 1. The lowest BCUT2D eigenvalue weighted by Crippen LogP contribution is -2.53. The fraction of sp³-hybridized carbons (Fsp3) is 0.370. The Hall–Kier alpha value is -3.10. The number of rotatable bonds is 3. The van der Waals surface area contributed by atoms with Crippen LogP contribution in [0, 0.1) is 11.8 Å². The van der Waals surface area contributed by atoms with Crippen molar-refractivity contribution < 1.29 is 24.2 Å². The van der Waals surface area contributed by atoms with Gasteiger partial charge in [-0.1, -0.05) is 54.6 Å². The molecule has 2 aromatic rings. The first-order valence-electron chi connectivity index (χ1n) is 12.0. The number of carbonyl (C=O) groups excluding carboxylic acids is 3. The zero-order valence-electron chi connectivity index (χ0n) is 19.1. The third-order valence-corrected chi connectivity index (χ3v) is 9.25. The second kappa shape index (κ2) is 8.53. The number of benzene rings is 2. The van der Waals surface area contributed by atoms with Crippen molar-refractivity contribution in [3.63, 3.8) is 0 Å². The summed E-state index contributed by atoms with van der Waals surface area (Å²) >= 11 is 1.51. The molecule has 0 radical (unpaired) electrons. The van der Waals surface area contributed by atoms with Crippen LogP contribution in [-0.2, 0) is 19.1 Å². The summed E-state index contributed by atoms with van der Waals surface area (Å²) in [5.74, 6) is -2.24. The fourth-order valence-electron chi connectivity index (χ4n) is 6.03. The van der Waals surface area contributed by atoms with Crippen molar-refractivity contribution >= 4 is 46.0 Å². The summed E-state index contributed by atoms with van der Waals surface area (Å²) in [6, 6.07) is 13.0. The molecular weight excluding hydrogens is 464 g/mol. The second-order valence-electron chi connectivity index (χ2n) is 9.36. The van der Waals surface area contributed by atoms with E-state index in [2.05, 4.69) is 0 Å². The monoisotopic (exact) mass is 490 g/mol. The molecule has 2 amide bonds. The first kappa shape index (κ1) is 22.4. The van der Waals surface area contributed by atoms with Crippen molar-refractivity contribution in [2.24, 2.45) is 11.8 Å². The molecule has 0 saturated carbocycles. The number of hydrogen-bond donors (Lipinski definition) is 1. The summed E-state index contributed by atoms with van der Waals surface area (Å²) in [5.41, 5.74) is 0.753. The number of fused-ring (bicyclic) bond motifs is 3. The lowest BCUT2D eigenvalue weighted by atomic mass is 9.78. The van der Waals surface area contributed by atoms with Gasteiger partial charge in [0.05, 0.1) is 29.8 Å². The van der Waals surface area contributed by atoms with Crippen molar-refractivity contribution in [1.29, 1.82) is 0 Å². The van der Waals surface area contributed by atoms with Crippen LogP contribution in [0.2, 0.25) is 0 Å². The Bertz CT molecular complexity index is 1280. The number of esters is 1. The number of likely N-dealkylation sites (tertiary alicyclic amines) is 1. The molecule has 1 N–H and O–H groups in total. The molecule has 180 valence electrons. The minimum Gasteiger partial charge on any atom is -0.465 e. The third kappa shape index (κ3) is 3.34. The molecule has 0 aromatic heterocycles. The standard InChI is InChI=1S/C27H26N2O5S/c30-14-13-29-23-25(32)28(19-10-9-17-6-1-2-7-18(17)16-19)12-5-11-27(23)22(24(29)31)21-20(35-27)8-3-4-15-34-26(21)33/h1-3,5-11,16,20-23,30H,4,12-15H2/t20-,21+,22+,23?,27+/m1/s1. The lowest BCUT2D eigenvalue weighted by Gasteiger charge is -2.35. The summed E-state index contributed by atoms with van der Waals surface area (Å²) < 4.78 is 4.57. The quantitative estimate of drug-likeness (QED) is 0.526. The van der Waals surface area contributed by atoms with Gasteiger partial charge in [0.15, 0.2) is 0 Å². The number of cyclic esters (lactones) is 1. The number of carbonyl (C=O) groups is 3. The van der Waals surface area contributed by atoms with Crippen LogP contribution in [0.3, 0.4) is 0 Å². The van der Waals surface area contributed by atoms with Gasteiger partial charge < -0.3 is 19.6 Å². The Morgan fingerprint density at radius 3 is 2.71 bits per heavy atom. The highest BCUT2D eigenvalue weighted by Gasteiger charge is 2.70. The number of hydrogen-bond acceptors (Lipinski definition) is 6. The van der Waals surface area contributed by atoms with Crippen molar-refractivity contribution in [1.82, 2.24) is 4.90 Å². The average Bonchev–Trinajstić information content (AvgIpc) is 3.22. The minimum absolute atomic E-state index is 0.0374. The van der Waals surface area contributed by atoms with Crippen LogP contribution in [-0.4, -0.2) is 70.1 Å². The number of anilines is 1. The molecule has 2 aromatic carbocycles. The van der Waals surface area contributed by atoms with E-state index in [-0.39, 0.29) is 42.8 Å². The van der Waals surface area contributed by atoms with E-state index in [9.17, 15) is 19.5 Å². The lowest BCUT2D eigenvalue weighted by molar-refractivity contribution is -0.153. The molecule has 4 aliphatic rings. The highest BCUT2D eigenvalue weighted by atomic mass is 32.2. The Labute approximate surface area is 207 Å². The highest BCUT2D eigenvalue weighted by Crippen LogP contribution is 2.60. The number of ether oxygens (including phenoxy) is 1. The predicted molar refractivity (Wildman–Crippen MR) is 134 cm³/mol. The number of nitrogens with zero attached hydrogens (tertiary/aromatic N) is 2. The maximum Gasteiger partial charge on any atom is 0.311 e. The smallest absolute Gasteiger partial charge is 0.311 e. The van der Waals surface area contributed by atoms with Crippen LogP contribution in [0.15, 0.2) is 66.8 Å². The second-order valence-corrected chi connectivity index (χ2v) is 10.9. The van der Waals surface area contributed by atoms with Crippen molar-refractivity contribution in [2.75, 3.05) is 31.2 Å². The number of aliphatic hydroxyl groups is 1. The van der Waals surface area contributed by atoms with Gasteiger partial charge in [0.25, 0.3) is 5.91 Å². The van der Waals surface area contributed by atoms with E-state index >= 15 is 0 Å². The first-order valence-corrected chi connectivity index (χ1v) is 12.8. The molecule has 5 atom stereocenters. The first-order chi connectivity index (χ1) is 17.0. The molecule has 6 rings (SSSR count). The zero-order chi connectivity index (χ0) is 24.2. The van der Waals surface area contributed by atoms with E-state index in [1.165, 1.54) is 16.7 Å². The molecule has 2 fully saturated rings. The highest BCUT2D eigenvalue weighted by molar-refractivity contribution is 8.02. The molecule has 1 unspecified atom stereocenters. The number of amides is 2. The topological polar surface area (TPSA) is 87.2 Å². The molecule has 0 bridgehead atoms. The fourth-order valence-corrected chi connectivity index (χ4v) is 8.03. The summed E-state index contributed by atoms with van der Waals surface area (Å²) in [4.78, 5) is 44.2. The number of β-amino-alcohol motifs (C(OH)–C–C–N with tert-alkyl or cyclic N) is 1. The van der Waals surface area contributed by atoms with Crippen LogP contribution >= 0.6 is 11.8 Å². The van der Waals surface area contributed by atoms with Crippen LogP contribution < -0.4 is 4.90 Å². The van der Waals surface area contributed by atoms with Crippen molar-refractivity contribution in [2.45, 2.75) is 22.5 Å². The number of thioether (sulfide) groups is 1. The van der Waals surface area contributed by atoms with Gasteiger partial charge in [-0.2, -0.15) is 0 Å². The van der Waals surface area contributed by atoms with Gasteiger partial charge in [-0.25, -0.2) is 0 Å². The van der Waals surface area contributed by atoms with Gasteiger partial charge in [0.2, 0.25) is 5.91 Å². The Kier molecular flexibility index (Phi) is 5.45. The Balaban J connectivity index is 1.45. The van der Waals surface area contributed by atoms with Crippen LogP contribution in [0.5, 0.6) is 0 Å². The molecule has 0 aliphatic carbocycles. The van der Waals surface area contributed by atoms with Gasteiger partial charge in [0, 0.05) is 24.0 Å². The van der Waals surface area contributed by atoms with Gasteiger partial charge in [-0.15, -0.1) is 11.8 Å². The molecular formula is C27H26N2O5S. The molecule has 1 spiro atoms. The van der Waals surface area contributed by atoms with E-state index in [1.807, 2.05) is 66.8 Å². The predicted octanol–water partition coefficient (Wildman–Crippen LogP) is 2.54. The van der Waals surface area contributed by atoms with Crippen molar-refractivity contribution in [3.05, 3.63) is 66.8 Å². The van der Waals surface area contributed by atoms with Gasteiger partial charge in [0.1, 0.15) is 6.04 Å².